The topological polar surface area (TPSA) is 77.2 Å². The number of ether oxygens (including phenoxy) is 1. The lowest BCUT2D eigenvalue weighted by Crippen LogP contribution is -2.57. The lowest BCUT2D eigenvalue weighted by Gasteiger charge is -2.38. The molecule has 0 radical (unpaired) electrons. The van der Waals surface area contributed by atoms with E-state index in [0.717, 1.165) is 36.5 Å². The molecular weight excluding hydrogens is 603 g/mol. The van der Waals surface area contributed by atoms with Gasteiger partial charge in [0.2, 0.25) is 11.8 Å². The number of hydrogen-bond donors (Lipinski definition) is 2. The van der Waals surface area contributed by atoms with E-state index in [1.165, 1.54) is 17.0 Å². The lowest BCUT2D eigenvalue weighted by atomic mass is 9.99. The summed E-state index contributed by atoms with van der Waals surface area (Å²) in [6, 6.07) is 21.7. The highest BCUT2D eigenvalue weighted by molar-refractivity contribution is 7.80. The summed E-state index contributed by atoms with van der Waals surface area (Å²) in [6.45, 7) is 6.37. The molecule has 0 aromatic heterocycles. The van der Waals surface area contributed by atoms with E-state index in [2.05, 4.69) is 15.5 Å². The van der Waals surface area contributed by atoms with E-state index in [1.54, 1.807) is 30.9 Å². The summed E-state index contributed by atoms with van der Waals surface area (Å²) in [5.41, 5.74) is 0.881. The number of nitrogens with one attached hydrogen (secondary N) is 2. The van der Waals surface area contributed by atoms with Gasteiger partial charge in [0.15, 0.2) is 5.11 Å². The minimum absolute atomic E-state index is 0.0799. The Morgan fingerprint density at radius 1 is 0.978 bits per heavy atom. The first kappa shape index (κ1) is 32.2. The molecule has 2 aliphatic heterocycles. The van der Waals surface area contributed by atoms with Crippen molar-refractivity contribution in [1.29, 1.82) is 0 Å². The van der Waals surface area contributed by atoms with E-state index < -0.39 is 29.1 Å². The Morgan fingerprint density at radius 2 is 1.62 bits per heavy atom. The van der Waals surface area contributed by atoms with Crippen LogP contribution in [0.25, 0.3) is 0 Å². The van der Waals surface area contributed by atoms with Crippen LogP contribution in [-0.2, 0) is 27.0 Å². The number of rotatable bonds is 9. The summed E-state index contributed by atoms with van der Waals surface area (Å²) >= 11 is 5.54. The van der Waals surface area contributed by atoms with Gasteiger partial charge in [0, 0.05) is 37.6 Å². The van der Waals surface area contributed by atoms with Crippen molar-refractivity contribution in [2.75, 3.05) is 49.6 Å². The SMILES string of the molecule is CC(C)(C(=O)Nc1ccc(N2CCOCC2)cc1)N(Cc1ccc(C(F)(F)F)cc1)C(=O)CN1CC(c2ccccc2)NC1=S. The van der Waals surface area contributed by atoms with Crippen molar-refractivity contribution >= 4 is 40.5 Å². The number of nitrogens with zero attached hydrogens (tertiary/aromatic N) is 3. The Hall–Kier alpha value is -4.16. The van der Waals surface area contributed by atoms with Crippen LogP contribution in [0.1, 0.15) is 36.6 Å². The van der Waals surface area contributed by atoms with E-state index in [1.807, 2.05) is 42.5 Å². The van der Waals surface area contributed by atoms with E-state index in [9.17, 15) is 22.8 Å². The van der Waals surface area contributed by atoms with Gasteiger partial charge in [0.25, 0.3) is 0 Å². The van der Waals surface area contributed by atoms with Crippen LogP contribution in [0.3, 0.4) is 0 Å². The highest BCUT2D eigenvalue weighted by Gasteiger charge is 2.40. The fraction of sp³-hybridized carbons (Fsp3) is 0.364. The second kappa shape index (κ2) is 13.5. The van der Waals surface area contributed by atoms with Gasteiger partial charge in [0.05, 0.1) is 31.4 Å². The van der Waals surface area contributed by atoms with Gasteiger partial charge in [-0.2, -0.15) is 13.2 Å². The van der Waals surface area contributed by atoms with Crippen LogP contribution in [-0.4, -0.2) is 71.7 Å². The molecule has 5 rings (SSSR count). The van der Waals surface area contributed by atoms with Gasteiger partial charge in [-0.3, -0.25) is 9.59 Å². The Morgan fingerprint density at radius 3 is 2.24 bits per heavy atom. The van der Waals surface area contributed by atoms with Crippen molar-refractivity contribution < 1.29 is 27.5 Å². The number of carbonyl (C=O) groups excluding carboxylic acids is 2. The van der Waals surface area contributed by atoms with E-state index in [4.69, 9.17) is 17.0 Å². The maximum Gasteiger partial charge on any atom is 0.416 e. The second-order valence-corrected chi connectivity index (χ2v) is 12.0. The number of anilines is 2. The number of morpholine rings is 1. The normalized spacial score (nSPS) is 17.2. The predicted octanol–water partition coefficient (Wildman–Crippen LogP) is 5.22. The van der Waals surface area contributed by atoms with Crippen LogP contribution in [0.2, 0.25) is 0 Å². The van der Waals surface area contributed by atoms with Crippen LogP contribution in [0.5, 0.6) is 0 Å². The summed E-state index contributed by atoms with van der Waals surface area (Å²) in [7, 11) is 0. The average Bonchev–Trinajstić information content (AvgIpc) is 3.40. The molecule has 0 spiro atoms. The fourth-order valence-electron chi connectivity index (χ4n) is 5.41. The molecule has 2 N–H and O–H groups in total. The largest absolute Gasteiger partial charge is 0.416 e. The Bertz CT molecular complexity index is 1490. The summed E-state index contributed by atoms with van der Waals surface area (Å²) < 4.78 is 45.1. The highest BCUT2D eigenvalue weighted by atomic mass is 32.1. The predicted molar refractivity (Wildman–Crippen MR) is 171 cm³/mol. The minimum Gasteiger partial charge on any atom is -0.378 e. The molecule has 3 aromatic carbocycles. The van der Waals surface area contributed by atoms with Crippen LogP contribution in [0.4, 0.5) is 24.5 Å². The molecule has 2 amide bonds. The van der Waals surface area contributed by atoms with E-state index in [0.29, 0.717) is 36.1 Å². The maximum atomic E-state index is 14.0. The van der Waals surface area contributed by atoms with Crippen LogP contribution in [0, 0.1) is 0 Å². The number of halogens is 3. The van der Waals surface area contributed by atoms with Crippen molar-refractivity contribution in [3.8, 4) is 0 Å². The molecule has 2 aliphatic rings. The smallest absolute Gasteiger partial charge is 0.378 e. The van der Waals surface area contributed by atoms with Crippen molar-refractivity contribution in [3.05, 3.63) is 95.6 Å². The number of alkyl halides is 3. The summed E-state index contributed by atoms with van der Waals surface area (Å²) in [6.07, 6.45) is -4.49. The summed E-state index contributed by atoms with van der Waals surface area (Å²) in [5, 5.41) is 6.58. The second-order valence-electron chi connectivity index (χ2n) is 11.6. The number of carbonyl (C=O) groups is 2. The molecule has 0 aliphatic carbocycles. The lowest BCUT2D eigenvalue weighted by molar-refractivity contribution is -0.144. The van der Waals surface area contributed by atoms with Gasteiger partial charge in [-0.25, -0.2) is 0 Å². The molecule has 45 heavy (non-hydrogen) atoms. The van der Waals surface area contributed by atoms with Gasteiger partial charge < -0.3 is 30.1 Å². The first-order valence-corrected chi connectivity index (χ1v) is 15.1. The third-order valence-corrected chi connectivity index (χ3v) is 8.55. The number of benzene rings is 3. The number of hydrogen-bond acceptors (Lipinski definition) is 5. The first-order valence-electron chi connectivity index (χ1n) is 14.7. The molecule has 0 bridgehead atoms. The fourth-order valence-corrected chi connectivity index (χ4v) is 5.69. The van der Waals surface area contributed by atoms with Crippen LogP contribution >= 0.6 is 12.2 Å². The zero-order valence-corrected chi connectivity index (χ0v) is 26.0. The van der Waals surface area contributed by atoms with Gasteiger partial charge in [-0.1, -0.05) is 42.5 Å². The van der Waals surface area contributed by atoms with Crippen molar-refractivity contribution in [2.24, 2.45) is 0 Å². The molecule has 3 aromatic rings. The molecule has 12 heteroatoms. The zero-order valence-electron chi connectivity index (χ0n) is 25.1. The molecule has 2 fully saturated rings. The number of thiocarbonyl (C=S) groups is 1. The van der Waals surface area contributed by atoms with Crippen molar-refractivity contribution in [1.82, 2.24) is 15.1 Å². The zero-order chi connectivity index (χ0) is 32.2. The monoisotopic (exact) mass is 639 g/mol. The Kier molecular flexibility index (Phi) is 9.64. The number of amides is 2. The Balaban J connectivity index is 1.34. The Labute approximate surface area is 266 Å². The molecule has 1 atom stereocenters. The van der Waals surface area contributed by atoms with Gasteiger partial charge in [-0.05, 0) is 73.6 Å². The molecule has 238 valence electrons. The minimum atomic E-state index is -4.49. The van der Waals surface area contributed by atoms with E-state index in [-0.39, 0.29) is 19.1 Å². The molecular formula is C33H36F3N5O3S. The first-order chi connectivity index (χ1) is 21.4. The van der Waals surface area contributed by atoms with Gasteiger partial charge in [0.1, 0.15) is 5.54 Å². The van der Waals surface area contributed by atoms with Crippen molar-refractivity contribution in [2.45, 2.75) is 38.1 Å². The summed E-state index contributed by atoms with van der Waals surface area (Å²) in [5.74, 6) is -0.832. The van der Waals surface area contributed by atoms with Gasteiger partial charge >= 0.3 is 6.18 Å². The quantitative estimate of drug-likeness (QED) is 0.311. The average molecular weight is 640 g/mol. The third-order valence-electron chi connectivity index (χ3n) is 8.17. The summed E-state index contributed by atoms with van der Waals surface area (Å²) in [4.78, 5) is 33.0. The van der Waals surface area contributed by atoms with E-state index >= 15 is 0 Å². The third kappa shape index (κ3) is 7.74. The molecule has 2 heterocycles. The van der Waals surface area contributed by atoms with Crippen molar-refractivity contribution in [3.63, 3.8) is 0 Å². The molecule has 0 saturated carbocycles. The van der Waals surface area contributed by atoms with Gasteiger partial charge in [-0.15, -0.1) is 0 Å². The highest BCUT2D eigenvalue weighted by Crippen LogP contribution is 2.30. The van der Waals surface area contributed by atoms with Crippen LogP contribution in [0.15, 0.2) is 78.9 Å². The maximum absolute atomic E-state index is 14.0. The molecule has 1 unspecified atom stereocenters. The molecule has 8 nitrogen and oxygen atoms in total. The molecule has 2 saturated heterocycles. The van der Waals surface area contributed by atoms with Crippen LogP contribution < -0.4 is 15.5 Å². The standard InChI is InChI=1S/C33H36F3N5O3S/c1-32(2,30(43)37-26-12-14-27(15-13-26)39-16-18-44-19-17-39)41(20-23-8-10-25(11-9-23)33(34,35)36)29(42)22-40-21-28(38-31(40)45)24-6-4-3-5-7-24/h3-15,28H,16-22H2,1-2H3,(H,37,43)(H,38,45).